The second-order valence-corrected chi connectivity index (χ2v) is 6.56. The van der Waals surface area contributed by atoms with Crippen LogP contribution in [-0.2, 0) is 0 Å². The molecule has 0 fully saturated rings. The normalized spacial score (nSPS) is 12.1. The molecule has 0 atom stereocenters. The van der Waals surface area contributed by atoms with Crippen LogP contribution >= 0.6 is 0 Å². The first-order valence-electron chi connectivity index (χ1n) is 8.63. The lowest BCUT2D eigenvalue weighted by atomic mass is 9.83. The molecule has 124 valence electrons. The van der Waals surface area contributed by atoms with E-state index in [0.29, 0.717) is 0 Å². The third kappa shape index (κ3) is 2.14. The summed E-state index contributed by atoms with van der Waals surface area (Å²) < 4.78 is 0. The van der Waals surface area contributed by atoms with Crippen molar-refractivity contribution in [1.29, 1.82) is 0 Å². The number of ketones is 1. The standard InChI is InChI=1S/C23H16N2O/c1-14-13-18-16-9-5-12-20(25-15-7-3-2-4-8-15)22(16)23(26)17-10-6-11-19(24-14)21(17)18/h2-13,25H,1H3. The van der Waals surface area contributed by atoms with Crippen molar-refractivity contribution in [3.05, 3.63) is 89.6 Å². The number of fused-ring (bicyclic) bond motifs is 2. The summed E-state index contributed by atoms with van der Waals surface area (Å²) in [7, 11) is 0. The molecule has 3 aromatic carbocycles. The number of nitrogens with zero attached hydrogens (tertiary/aromatic N) is 1. The monoisotopic (exact) mass is 336 g/mol. The number of para-hydroxylation sites is 1. The Morgan fingerprint density at radius 2 is 1.58 bits per heavy atom. The van der Waals surface area contributed by atoms with E-state index in [2.05, 4.69) is 16.4 Å². The summed E-state index contributed by atoms with van der Waals surface area (Å²) in [6.45, 7) is 1.99. The molecule has 4 aromatic rings. The van der Waals surface area contributed by atoms with Gasteiger partial charge in [-0.3, -0.25) is 9.78 Å². The second-order valence-electron chi connectivity index (χ2n) is 6.56. The van der Waals surface area contributed by atoms with Gasteiger partial charge in [-0.05, 0) is 48.4 Å². The van der Waals surface area contributed by atoms with Gasteiger partial charge in [0.15, 0.2) is 5.78 Å². The van der Waals surface area contributed by atoms with E-state index in [1.807, 2.05) is 73.7 Å². The van der Waals surface area contributed by atoms with Gasteiger partial charge in [0, 0.05) is 22.3 Å². The first-order chi connectivity index (χ1) is 12.7. The number of aryl methyl sites for hydroxylation is 1. The summed E-state index contributed by atoms with van der Waals surface area (Å²) in [6.07, 6.45) is 0. The average molecular weight is 336 g/mol. The van der Waals surface area contributed by atoms with Crippen LogP contribution < -0.4 is 5.32 Å². The fraction of sp³-hybridized carbons (Fsp3) is 0.0435. The molecule has 0 saturated heterocycles. The molecule has 1 heterocycles. The topological polar surface area (TPSA) is 42.0 Å². The van der Waals surface area contributed by atoms with Crippen molar-refractivity contribution in [3.8, 4) is 11.1 Å². The van der Waals surface area contributed by atoms with Gasteiger partial charge in [-0.1, -0.05) is 42.5 Å². The SMILES string of the molecule is Cc1cc2c3c(cccc3n1)C(=O)c1c(Nc3ccccc3)cccc1-2. The van der Waals surface area contributed by atoms with Crippen molar-refractivity contribution in [3.63, 3.8) is 0 Å². The molecule has 3 heteroatoms. The van der Waals surface area contributed by atoms with E-state index in [4.69, 9.17) is 0 Å². The van der Waals surface area contributed by atoms with Crippen LogP contribution in [0.2, 0.25) is 0 Å². The number of aromatic nitrogens is 1. The van der Waals surface area contributed by atoms with Gasteiger partial charge in [-0.15, -0.1) is 0 Å². The van der Waals surface area contributed by atoms with Crippen LogP contribution in [0.25, 0.3) is 22.0 Å². The highest BCUT2D eigenvalue weighted by Crippen LogP contribution is 2.42. The lowest BCUT2D eigenvalue weighted by Gasteiger charge is -2.22. The average Bonchev–Trinajstić information content (AvgIpc) is 2.66. The molecule has 1 aliphatic carbocycles. The fourth-order valence-electron chi connectivity index (χ4n) is 3.76. The minimum Gasteiger partial charge on any atom is -0.355 e. The third-order valence-corrected chi connectivity index (χ3v) is 4.84. The van der Waals surface area contributed by atoms with E-state index in [9.17, 15) is 4.79 Å². The van der Waals surface area contributed by atoms with Crippen molar-refractivity contribution in [2.75, 3.05) is 5.32 Å². The molecule has 1 aromatic heterocycles. The van der Waals surface area contributed by atoms with Gasteiger partial charge in [0.25, 0.3) is 0 Å². The molecule has 0 aliphatic heterocycles. The Bertz CT molecular complexity index is 1180. The largest absolute Gasteiger partial charge is 0.355 e. The molecule has 5 rings (SSSR count). The zero-order valence-corrected chi connectivity index (χ0v) is 14.3. The van der Waals surface area contributed by atoms with E-state index in [1.165, 1.54) is 0 Å². The molecule has 0 bridgehead atoms. The first-order valence-corrected chi connectivity index (χ1v) is 8.63. The number of hydrogen-bond acceptors (Lipinski definition) is 3. The number of rotatable bonds is 2. The zero-order valence-electron chi connectivity index (χ0n) is 14.3. The van der Waals surface area contributed by atoms with Crippen LogP contribution in [0, 0.1) is 6.92 Å². The van der Waals surface area contributed by atoms with E-state index in [0.717, 1.165) is 50.2 Å². The molecule has 0 spiro atoms. The summed E-state index contributed by atoms with van der Waals surface area (Å²) in [5, 5.41) is 4.35. The molecule has 26 heavy (non-hydrogen) atoms. The van der Waals surface area contributed by atoms with E-state index >= 15 is 0 Å². The maximum absolute atomic E-state index is 13.3. The number of pyridine rings is 1. The fourth-order valence-corrected chi connectivity index (χ4v) is 3.76. The summed E-state index contributed by atoms with van der Waals surface area (Å²) in [6, 6.07) is 23.7. The van der Waals surface area contributed by atoms with Crippen molar-refractivity contribution in [2.45, 2.75) is 6.92 Å². The molecule has 0 radical (unpaired) electrons. The van der Waals surface area contributed by atoms with Crippen molar-refractivity contribution in [1.82, 2.24) is 4.98 Å². The molecule has 0 saturated carbocycles. The quantitative estimate of drug-likeness (QED) is 0.463. The molecule has 0 amide bonds. The van der Waals surface area contributed by atoms with Crippen LogP contribution in [-0.4, -0.2) is 10.8 Å². The summed E-state index contributed by atoms with van der Waals surface area (Å²) in [4.78, 5) is 17.9. The Hall–Kier alpha value is -3.46. The number of hydrogen-bond donors (Lipinski definition) is 1. The summed E-state index contributed by atoms with van der Waals surface area (Å²) in [5.41, 5.74) is 7.10. The van der Waals surface area contributed by atoms with Crippen LogP contribution in [0.5, 0.6) is 0 Å². The maximum Gasteiger partial charge on any atom is 0.196 e. The zero-order chi connectivity index (χ0) is 17.7. The number of carbonyl (C=O) groups excluding carboxylic acids is 1. The predicted molar refractivity (Wildman–Crippen MR) is 105 cm³/mol. The minimum atomic E-state index is 0.0442. The Kier molecular flexibility index (Phi) is 3.16. The minimum absolute atomic E-state index is 0.0442. The molecule has 3 nitrogen and oxygen atoms in total. The Morgan fingerprint density at radius 3 is 2.42 bits per heavy atom. The van der Waals surface area contributed by atoms with Crippen LogP contribution in [0.1, 0.15) is 21.6 Å². The molecular weight excluding hydrogens is 320 g/mol. The lowest BCUT2D eigenvalue weighted by molar-refractivity contribution is 0.104. The Balaban J connectivity index is 1.79. The highest BCUT2D eigenvalue weighted by atomic mass is 16.1. The van der Waals surface area contributed by atoms with E-state index < -0.39 is 0 Å². The predicted octanol–water partition coefficient (Wildman–Crippen LogP) is 5.50. The summed E-state index contributed by atoms with van der Waals surface area (Å²) in [5.74, 6) is 0.0442. The van der Waals surface area contributed by atoms with Gasteiger partial charge in [-0.2, -0.15) is 0 Å². The number of nitrogens with one attached hydrogen (secondary N) is 1. The molecule has 0 unspecified atom stereocenters. The van der Waals surface area contributed by atoms with E-state index in [-0.39, 0.29) is 5.78 Å². The van der Waals surface area contributed by atoms with Crippen molar-refractivity contribution < 1.29 is 4.79 Å². The van der Waals surface area contributed by atoms with Crippen molar-refractivity contribution in [2.24, 2.45) is 0 Å². The highest BCUT2D eigenvalue weighted by Gasteiger charge is 2.28. The second kappa shape index (κ2) is 5.53. The Labute approximate surface area is 151 Å². The smallest absolute Gasteiger partial charge is 0.196 e. The van der Waals surface area contributed by atoms with Gasteiger partial charge in [0.05, 0.1) is 16.8 Å². The lowest BCUT2D eigenvalue weighted by Crippen LogP contribution is -2.13. The molecular formula is C23H16N2O. The van der Waals surface area contributed by atoms with Crippen LogP contribution in [0.3, 0.4) is 0 Å². The maximum atomic E-state index is 13.3. The van der Waals surface area contributed by atoms with Gasteiger partial charge in [0.1, 0.15) is 0 Å². The van der Waals surface area contributed by atoms with Crippen LogP contribution in [0.15, 0.2) is 72.8 Å². The first kappa shape index (κ1) is 14.8. The van der Waals surface area contributed by atoms with Crippen molar-refractivity contribution >= 4 is 28.1 Å². The van der Waals surface area contributed by atoms with Gasteiger partial charge in [0.2, 0.25) is 0 Å². The highest BCUT2D eigenvalue weighted by molar-refractivity contribution is 6.27. The number of benzene rings is 3. The molecule has 1 aliphatic rings. The number of anilines is 2. The molecule has 1 N–H and O–H groups in total. The van der Waals surface area contributed by atoms with Gasteiger partial charge in [-0.25, -0.2) is 0 Å². The van der Waals surface area contributed by atoms with Gasteiger partial charge < -0.3 is 5.32 Å². The van der Waals surface area contributed by atoms with Gasteiger partial charge >= 0.3 is 0 Å². The Morgan fingerprint density at radius 1 is 0.808 bits per heavy atom. The summed E-state index contributed by atoms with van der Waals surface area (Å²) >= 11 is 0. The van der Waals surface area contributed by atoms with Crippen LogP contribution in [0.4, 0.5) is 11.4 Å². The number of carbonyl (C=O) groups is 1. The van der Waals surface area contributed by atoms with E-state index in [1.54, 1.807) is 0 Å². The third-order valence-electron chi connectivity index (χ3n) is 4.84.